The van der Waals surface area contributed by atoms with E-state index < -0.39 is 10.0 Å². The molecule has 0 spiro atoms. The standard InChI is InChI=1S/C15H24N2O3S2/c1-11(2)13-7-10-21-14(13)15(18)17-8-5-12(6-9-17)16(3)22(4,19)20/h7,10-12H,5-6,8-9H2,1-4H3. The van der Waals surface area contributed by atoms with Gasteiger partial charge in [-0.15, -0.1) is 11.3 Å². The molecule has 0 atom stereocenters. The van der Waals surface area contributed by atoms with Gasteiger partial charge in [-0.25, -0.2) is 12.7 Å². The number of rotatable bonds is 4. The zero-order valence-corrected chi connectivity index (χ0v) is 15.2. The van der Waals surface area contributed by atoms with Gasteiger partial charge >= 0.3 is 0 Å². The molecule has 1 amide bonds. The summed E-state index contributed by atoms with van der Waals surface area (Å²) in [7, 11) is -1.55. The molecule has 2 heterocycles. The third kappa shape index (κ3) is 3.70. The summed E-state index contributed by atoms with van der Waals surface area (Å²) in [5.41, 5.74) is 1.10. The number of thiophene rings is 1. The molecule has 0 radical (unpaired) electrons. The molecule has 1 aromatic heterocycles. The Kier molecular flexibility index (Phi) is 5.29. The van der Waals surface area contributed by atoms with Crippen molar-refractivity contribution < 1.29 is 13.2 Å². The van der Waals surface area contributed by atoms with E-state index in [1.54, 1.807) is 7.05 Å². The lowest BCUT2D eigenvalue weighted by atomic mass is 10.0. The molecule has 0 bridgehead atoms. The molecule has 1 aliphatic rings. The molecule has 0 unspecified atom stereocenters. The van der Waals surface area contributed by atoms with Crippen LogP contribution in [0.2, 0.25) is 0 Å². The second kappa shape index (κ2) is 6.68. The van der Waals surface area contributed by atoms with Crippen LogP contribution in [0.4, 0.5) is 0 Å². The van der Waals surface area contributed by atoms with Crippen molar-refractivity contribution in [2.24, 2.45) is 0 Å². The second-order valence-electron chi connectivity index (χ2n) is 6.16. The second-order valence-corrected chi connectivity index (χ2v) is 9.12. The smallest absolute Gasteiger partial charge is 0.264 e. The first kappa shape index (κ1) is 17.4. The van der Waals surface area contributed by atoms with Crippen molar-refractivity contribution in [2.75, 3.05) is 26.4 Å². The van der Waals surface area contributed by atoms with Crippen molar-refractivity contribution in [1.82, 2.24) is 9.21 Å². The summed E-state index contributed by atoms with van der Waals surface area (Å²) >= 11 is 1.49. The fraction of sp³-hybridized carbons (Fsp3) is 0.667. The van der Waals surface area contributed by atoms with Crippen molar-refractivity contribution in [3.8, 4) is 0 Å². The lowest BCUT2D eigenvalue weighted by Crippen LogP contribution is -2.47. The van der Waals surface area contributed by atoms with Gasteiger partial charge in [0.25, 0.3) is 5.91 Å². The van der Waals surface area contributed by atoms with Crippen LogP contribution in [0.3, 0.4) is 0 Å². The van der Waals surface area contributed by atoms with Gasteiger partial charge in [-0.2, -0.15) is 0 Å². The summed E-state index contributed by atoms with van der Waals surface area (Å²) in [4.78, 5) is 15.3. The minimum atomic E-state index is -3.17. The number of carbonyl (C=O) groups excluding carboxylic acids is 1. The van der Waals surface area contributed by atoms with E-state index in [2.05, 4.69) is 13.8 Å². The van der Waals surface area contributed by atoms with Gasteiger partial charge in [-0.3, -0.25) is 4.79 Å². The Hall–Kier alpha value is -0.920. The summed E-state index contributed by atoms with van der Waals surface area (Å²) in [6, 6.07) is 2.01. The Morgan fingerprint density at radius 1 is 1.36 bits per heavy atom. The van der Waals surface area contributed by atoms with Crippen LogP contribution >= 0.6 is 11.3 Å². The van der Waals surface area contributed by atoms with Crippen LogP contribution in [0.15, 0.2) is 11.4 Å². The van der Waals surface area contributed by atoms with Crippen molar-refractivity contribution in [3.05, 3.63) is 21.9 Å². The highest BCUT2D eigenvalue weighted by atomic mass is 32.2. The average molecular weight is 345 g/mol. The van der Waals surface area contributed by atoms with Gasteiger partial charge < -0.3 is 4.90 Å². The average Bonchev–Trinajstić information content (AvgIpc) is 2.94. The number of likely N-dealkylation sites (tertiary alicyclic amines) is 1. The van der Waals surface area contributed by atoms with E-state index in [-0.39, 0.29) is 11.9 Å². The van der Waals surface area contributed by atoms with Crippen LogP contribution in [0.25, 0.3) is 0 Å². The summed E-state index contributed by atoms with van der Waals surface area (Å²) in [5, 5.41) is 1.97. The molecule has 124 valence electrons. The summed E-state index contributed by atoms with van der Waals surface area (Å²) < 4.78 is 24.6. The highest BCUT2D eigenvalue weighted by Gasteiger charge is 2.30. The van der Waals surface area contributed by atoms with Gasteiger partial charge in [-0.1, -0.05) is 13.8 Å². The van der Waals surface area contributed by atoms with Crippen molar-refractivity contribution >= 4 is 27.3 Å². The van der Waals surface area contributed by atoms with E-state index in [0.29, 0.717) is 31.8 Å². The molecule has 7 heteroatoms. The Balaban J connectivity index is 2.03. The normalized spacial score (nSPS) is 17.5. The third-order valence-corrected chi connectivity index (χ3v) is 6.56. The van der Waals surface area contributed by atoms with E-state index in [9.17, 15) is 13.2 Å². The lowest BCUT2D eigenvalue weighted by molar-refractivity contribution is 0.0690. The molecule has 1 aliphatic heterocycles. The largest absolute Gasteiger partial charge is 0.338 e. The number of sulfonamides is 1. The van der Waals surface area contributed by atoms with Gasteiger partial charge in [0.1, 0.15) is 0 Å². The summed E-state index contributed by atoms with van der Waals surface area (Å²) in [5.74, 6) is 0.415. The topological polar surface area (TPSA) is 57.7 Å². The number of hydrogen-bond donors (Lipinski definition) is 0. The maximum atomic E-state index is 12.7. The molecular weight excluding hydrogens is 320 g/mol. The SMILES string of the molecule is CC(C)c1ccsc1C(=O)N1CCC(N(C)S(C)(=O)=O)CC1. The van der Waals surface area contributed by atoms with Crippen molar-refractivity contribution in [1.29, 1.82) is 0 Å². The Morgan fingerprint density at radius 3 is 2.45 bits per heavy atom. The number of carbonyl (C=O) groups is 1. The number of hydrogen-bond acceptors (Lipinski definition) is 4. The molecule has 5 nitrogen and oxygen atoms in total. The Labute approximate surface area is 137 Å². The minimum Gasteiger partial charge on any atom is -0.338 e. The van der Waals surface area contributed by atoms with Crippen LogP contribution in [0.5, 0.6) is 0 Å². The first-order valence-corrected chi connectivity index (χ1v) is 10.2. The molecule has 0 aromatic carbocycles. The van der Waals surface area contributed by atoms with Crippen LogP contribution in [-0.4, -0.2) is 56.0 Å². The van der Waals surface area contributed by atoms with E-state index >= 15 is 0 Å². The fourth-order valence-corrected chi connectivity index (χ4v) is 4.57. The maximum absolute atomic E-state index is 12.7. The zero-order chi connectivity index (χ0) is 16.5. The molecule has 0 saturated carbocycles. The highest BCUT2D eigenvalue weighted by Crippen LogP contribution is 2.27. The van der Waals surface area contributed by atoms with Gasteiger partial charge in [0.2, 0.25) is 10.0 Å². The first-order chi connectivity index (χ1) is 10.2. The predicted octanol–water partition coefficient (Wildman–Crippen LogP) is 2.37. The van der Waals surface area contributed by atoms with Crippen LogP contribution < -0.4 is 0 Å². The van der Waals surface area contributed by atoms with Gasteiger partial charge in [0.05, 0.1) is 11.1 Å². The molecule has 2 rings (SSSR count). The van der Waals surface area contributed by atoms with Gasteiger partial charge in [-0.05, 0) is 35.8 Å². The molecule has 0 N–H and O–H groups in total. The van der Waals surface area contributed by atoms with Crippen LogP contribution in [0, 0.1) is 0 Å². The number of amides is 1. The van der Waals surface area contributed by atoms with E-state index in [4.69, 9.17) is 0 Å². The fourth-order valence-electron chi connectivity index (χ4n) is 2.79. The van der Waals surface area contributed by atoms with Crippen molar-refractivity contribution in [2.45, 2.75) is 38.6 Å². The van der Waals surface area contributed by atoms with Gasteiger partial charge in [0, 0.05) is 26.2 Å². The molecular formula is C15H24N2O3S2. The lowest BCUT2D eigenvalue weighted by Gasteiger charge is -2.35. The van der Waals surface area contributed by atoms with E-state index in [0.717, 1.165) is 10.4 Å². The first-order valence-electron chi connectivity index (χ1n) is 7.51. The highest BCUT2D eigenvalue weighted by molar-refractivity contribution is 7.88. The molecule has 1 saturated heterocycles. The number of nitrogens with zero attached hydrogens (tertiary/aromatic N) is 2. The van der Waals surface area contributed by atoms with E-state index in [1.165, 1.54) is 21.9 Å². The van der Waals surface area contributed by atoms with Crippen LogP contribution in [0.1, 0.15) is 47.8 Å². The quantitative estimate of drug-likeness (QED) is 0.842. The van der Waals surface area contributed by atoms with Crippen LogP contribution in [-0.2, 0) is 10.0 Å². The Bertz CT molecular complexity index is 629. The molecule has 0 aliphatic carbocycles. The molecule has 22 heavy (non-hydrogen) atoms. The Morgan fingerprint density at radius 2 is 1.95 bits per heavy atom. The van der Waals surface area contributed by atoms with E-state index in [1.807, 2.05) is 16.3 Å². The summed E-state index contributed by atoms with van der Waals surface area (Å²) in [6.07, 6.45) is 2.61. The monoisotopic (exact) mass is 344 g/mol. The summed E-state index contributed by atoms with van der Waals surface area (Å²) in [6.45, 7) is 5.40. The molecule has 1 aromatic rings. The van der Waals surface area contributed by atoms with Crippen molar-refractivity contribution in [3.63, 3.8) is 0 Å². The number of piperidine rings is 1. The maximum Gasteiger partial charge on any atom is 0.264 e. The third-order valence-electron chi connectivity index (χ3n) is 4.30. The predicted molar refractivity (Wildman–Crippen MR) is 89.9 cm³/mol. The molecule has 1 fully saturated rings. The zero-order valence-electron chi connectivity index (χ0n) is 13.6. The minimum absolute atomic E-state index is 0.00745. The van der Waals surface area contributed by atoms with Gasteiger partial charge in [0.15, 0.2) is 0 Å².